The van der Waals surface area contributed by atoms with Gasteiger partial charge in [-0.1, -0.05) is 6.07 Å². The summed E-state index contributed by atoms with van der Waals surface area (Å²) in [4.78, 5) is 30.0. The van der Waals surface area contributed by atoms with Crippen molar-refractivity contribution in [1.82, 2.24) is 15.3 Å². The van der Waals surface area contributed by atoms with Gasteiger partial charge in [0.05, 0.1) is 7.11 Å². The second-order valence-electron chi connectivity index (χ2n) is 5.35. The molecule has 1 atom stereocenters. The van der Waals surface area contributed by atoms with Gasteiger partial charge in [0.15, 0.2) is 17.6 Å². The van der Waals surface area contributed by atoms with E-state index in [1.165, 1.54) is 20.1 Å². The lowest BCUT2D eigenvalue weighted by Gasteiger charge is -2.16. The van der Waals surface area contributed by atoms with Gasteiger partial charge in [-0.2, -0.15) is 13.2 Å². The van der Waals surface area contributed by atoms with E-state index in [4.69, 9.17) is 4.74 Å². The number of alkyl halides is 3. The van der Waals surface area contributed by atoms with Crippen molar-refractivity contribution in [3.05, 3.63) is 52.9 Å². The molecule has 1 aromatic carbocycles. The number of aryl methyl sites for hydroxylation is 1. The topological polar surface area (TPSA) is 101 Å². The summed E-state index contributed by atoms with van der Waals surface area (Å²) in [5.41, 5.74) is -0.948. The number of aliphatic carboxylic acids is 1. The summed E-state index contributed by atoms with van der Waals surface area (Å²) < 4.78 is 56.8. The van der Waals surface area contributed by atoms with Crippen molar-refractivity contribution in [1.29, 1.82) is 0 Å². The molecule has 0 aliphatic carbocycles. The summed E-state index contributed by atoms with van der Waals surface area (Å²) >= 11 is 0. The number of benzene rings is 1. The number of carboxylic acids is 1. The number of hydrogen-bond acceptors (Lipinski definition) is 5. The first kappa shape index (κ1) is 20.1. The van der Waals surface area contributed by atoms with Gasteiger partial charge in [0.2, 0.25) is 5.82 Å². The summed E-state index contributed by atoms with van der Waals surface area (Å²) in [5, 5.41) is 11.3. The van der Waals surface area contributed by atoms with E-state index in [0.717, 1.165) is 18.2 Å². The molecule has 0 radical (unpaired) electrons. The van der Waals surface area contributed by atoms with Crippen LogP contribution in [0.1, 0.15) is 33.6 Å². The molecule has 7 nitrogen and oxygen atoms in total. The van der Waals surface area contributed by atoms with Gasteiger partial charge in [-0.3, -0.25) is 4.79 Å². The monoisotopic (exact) mass is 387 g/mol. The number of rotatable bonds is 5. The third kappa shape index (κ3) is 4.68. The van der Waals surface area contributed by atoms with Crippen molar-refractivity contribution in [3.63, 3.8) is 0 Å². The second kappa shape index (κ2) is 7.56. The molecule has 0 aliphatic heterocycles. The molecule has 1 unspecified atom stereocenters. The molecule has 0 saturated carbocycles. The fraction of sp³-hybridized carbons (Fsp3) is 0.250. The van der Waals surface area contributed by atoms with E-state index < -0.39 is 41.4 Å². The smallest absolute Gasteiger partial charge is 0.451 e. The van der Waals surface area contributed by atoms with E-state index in [0.29, 0.717) is 0 Å². The van der Waals surface area contributed by atoms with Crippen molar-refractivity contribution in [2.75, 3.05) is 7.11 Å². The quantitative estimate of drug-likeness (QED) is 0.765. The summed E-state index contributed by atoms with van der Waals surface area (Å²) in [5.74, 6) is -5.28. The number of nitrogens with zero attached hydrogens (tertiary/aromatic N) is 2. The van der Waals surface area contributed by atoms with Crippen LogP contribution in [0, 0.1) is 12.7 Å². The fourth-order valence-electron chi connectivity index (χ4n) is 2.17. The Hall–Kier alpha value is -3.24. The molecule has 144 valence electrons. The summed E-state index contributed by atoms with van der Waals surface area (Å²) in [6.45, 7) is 1.22. The van der Waals surface area contributed by atoms with Crippen molar-refractivity contribution in [2.24, 2.45) is 0 Å². The van der Waals surface area contributed by atoms with Crippen molar-refractivity contribution in [3.8, 4) is 5.75 Å². The predicted octanol–water partition coefficient (Wildman–Crippen LogP) is 2.51. The molecule has 0 bridgehead atoms. The van der Waals surface area contributed by atoms with Crippen LogP contribution in [0.15, 0.2) is 24.3 Å². The number of carbonyl (C=O) groups is 2. The SMILES string of the molecule is COc1ccc(C(NC(=O)c2cc(C)nc(C(F)(F)F)n2)C(=O)O)cc1F. The zero-order valence-corrected chi connectivity index (χ0v) is 14.0. The van der Waals surface area contributed by atoms with Crippen molar-refractivity contribution in [2.45, 2.75) is 19.1 Å². The Morgan fingerprint density at radius 1 is 1.22 bits per heavy atom. The molecule has 2 N–H and O–H groups in total. The highest BCUT2D eigenvalue weighted by molar-refractivity contribution is 5.95. The van der Waals surface area contributed by atoms with E-state index in [-0.39, 0.29) is 17.0 Å². The first-order valence-electron chi connectivity index (χ1n) is 7.33. The second-order valence-corrected chi connectivity index (χ2v) is 5.35. The summed E-state index contributed by atoms with van der Waals surface area (Å²) in [6, 6.07) is 2.45. The number of carbonyl (C=O) groups excluding carboxylic acids is 1. The van der Waals surface area contributed by atoms with E-state index in [1.54, 1.807) is 0 Å². The summed E-state index contributed by atoms with van der Waals surface area (Å²) in [7, 11) is 1.21. The van der Waals surface area contributed by atoms with Crippen molar-refractivity contribution < 1.29 is 37.0 Å². The molecule has 0 spiro atoms. The number of halogens is 4. The van der Waals surface area contributed by atoms with E-state index >= 15 is 0 Å². The number of nitrogens with one attached hydrogen (secondary N) is 1. The van der Waals surface area contributed by atoms with E-state index in [1.807, 2.05) is 5.32 Å². The van der Waals surface area contributed by atoms with Crippen LogP contribution in [0.5, 0.6) is 5.75 Å². The van der Waals surface area contributed by atoms with E-state index in [2.05, 4.69) is 9.97 Å². The minimum atomic E-state index is -4.88. The van der Waals surface area contributed by atoms with Crippen LogP contribution < -0.4 is 10.1 Å². The lowest BCUT2D eigenvalue weighted by Crippen LogP contribution is -2.34. The van der Waals surface area contributed by atoms with Crippen LogP contribution in [0.2, 0.25) is 0 Å². The normalized spacial score (nSPS) is 12.4. The Balaban J connectivity index is 2.35. The minimum absolute atomic E-state index is 0.134. The Bertz CT molecular complexity index is 886. The molecular formula is C16H13F4N3O4. The molecule has 2 rings (SSSR count). The Kier molecular flexibility index (Phi) is 5.62. The molecule has 1 heterocycles. The van der Waals surface area contributed by atoms with Crippen LogP contribution in [0.3, 0.4) is 0 Å². The van der Waals surface area contributed by atoms with Gasteiger partial charge < -0.3 is 15.2 Å². The van der Waals surface area contributed by atoms with Crippen LogP contribution in [-0.4, -0.2) is 34.1 Å². The Morgan fingerprint density at radius 2 is 1.89 bits per heavy atom. The van der Waals surface area contributed by atoms with Crippen LogP contribution in [0.25, 0.3) is 0 Å². The lowest BCUT2D eigenvalue weighted by molar-refractivity contribution is -0.145. The summed E-state index contributed by atoms with van der Waals surface area (Å²) in [6.07, 6.45) is -4.88. The molecule has 1 amide bonds. The minimum Gasteiger partial charge on any atom is -0.494 e. The third-order valence-electron chi connectivity index (χ3n) is 3.37. The first-order valence-corrected chi connectivity index (χ1v) is 7.33. The molecular weight excluding hydrogens is 374 g/mol. The number of hydrogen-bond donors (Lipinski definition) is 2. The molecule has 0 fully saturated rings. The third-order valence-corrected chi connectivity index (χ3v) is 3.37. The molecule has 0 saturated heterocycles. The molecule has 11 heteroatoms. The van der Waals surface area contributed by atoms with Gasteiger partial charge in [-0.05, 0) is 30.7 Å². The van der Waals surface area contributed by atoms with Gasteiger partial charge in [0.1, 0.15) is 5.69 Å². The Labute approximate surface area is 150 Å². The Morgan fingerprint density at radius 3 is 2.41 bits per heavy atom. The van der Waals surface area contributed by atoms with Crippen molar-refractivity contribution >= 4 is 11.9 Å². The number of amides is 1. The zero-order valence-electron chi connectivity index (χ0n) is 14.0. The van der Waals surface area contributed by atoms with Gasteiger partial charge in [0, 0.05) is 5.69 Å². The van der Waals surface area contributed by atoms with Crippen LogP contribution in [0.4, 0.5) is 17.6 Å². The van der Waals surface area contributed by atoms with Gasteiger partial charge in [0.25, 0.3) is 5.91 Å². The number of ether oxygens (including phenoxy) is 1. The average Bonchev–Trinajstić information content (AvgIpc) is 2.57. The maximum Gasteiger partial charge on any atom is 0.451 e. The van der Waals surface area contributed by atoms with Gasteiger partial charge in [-0.25, -0.2) is 19.2 Å². The average molecular weight is 387 g/mol. The standard InChI is InChI=1S/C16H13F4N3O4/c1-7-5-10(22-15(21-7)16(18,19)20)13(24)23-12(14(25)26)8-3-4-11(27-2)9(17)6-8/h3-6,12H,1-2H3,(H,23,24)(H,25,26). The molecule has 2 aromatic rings. The largest absolute Gasteiger partial charge is 0.494 e. The van der Waals surface area contributed by atoms with Crippen LogP contribution in [-0.2, 0) is 11.0 Å². The van der Waals surface area contributed by atoms with Gasteiger partial charge >= 0.3 is 12.1 Å². The maximum absolute atomic E-state index is 13.8. The highest BCUT2D eigenvalue weighted by atomic mass is 19.4. The first-order chi connectivity index (χ1) is 12.5. The van der Waals surface area contributed by atoms with Crippen LogP contribution >= 0.6 is 0 Å². The molecule has 27 heavy (non-hydrogen) atoms. The lowest BCUT2D eigenvalue weighted by atomic mass is 10.1. The molecule has 0 aliphatic rings. The maximum atomic E-state index is 13.8. The molecule has 1 aromatic heterocycles. The zero-order chi connectivity index (χ0) is 20.4. The highest BCUT2D eigenvalue weighted by Gasteiger charge is 2.36. The number of methoxy groups -OCH3 is 1. The van der Waals surface area contributed by atoms with E-state index in [9.17, 15) is 32.3 Å². The number of aromatic nitrogens is 2. The highest BCUT2D eigenvalue weighted by Crippen LogP contribution is 2.27. The fourth-order valence-corrected chi connectivity index (χ4v) is 2.17. The predicted molar refractivity (Wildman–Crippen MR) is 82.6 cm³/mol. The number of carboxylic acid groups (broad SMARTS) is 1. The van der Waals surface area contributed by atoms with Gasteiger partial charge in [-0.15, -0.1) is 0 Å².